The number of nitriles is 1. The number of hydrogen-bond acceptors (Lipinski definition) is 6. The molecule has 1 unspecified atom stereocenters. The van der Waals surface area contributed by atoms with Crippen molar-refractivity contribution in [2.75, 3.05) is 40.0 Å². The Bertz CT molecular complexity index is 710. The summed E-state index contributed by atoms with van der Waals surface area (Å²) in [6.07, 6.45) is 4.62. The lowest BCUT2D eigenvalue weighted by molar-refractivity contribution is -0.156. The minimum atomic E-state index is -0.271. The predicted octanol–water partition coefficient (Wildman–Crippen LogP) is 2.13. The summed E-state index contributed by atoms with van der Waals surface area (Å²) in [7, 11) is 3.61. The third-order valence-corrected chi connectivity index (χ3v) is 6.36. The van der Waals surface area contributed by atoms with Crippen LogP contribution in [0.3, 0.4) is 0 Å². The summed E-state index contributed by atoms with van der Waals surface area (Å²) in [6, 6.07) is 5.97. The Labute approximate surface area is 159 Å². The molecule has 1 aromatic heterocycles. The Morgan fingerprint density at radius 1 is 1.42 bits per heavy atom. The molecule has 0 N–H and O–H groups in total. The Balaban J connectivity index is 1.65. The Morgan fingerprint density at radius 3 is 2.77 bits per heavy atom. The van der Waals surface area contributed by atoms with E-state index in [-0.39, 0.29) is 17.4 Å². The highest BCUT2D eigenvalue weighted by molar-refractivity contribution is 7.98. The van der Waals surface area contributed by atoms with Crippen LogP contribution in [0.1, 0.15) is 30.5 Å². The van der Waals surface area contributed by atoms with Crippen LogP contribution >= 0.6 is 11.8 Å². The molecule has 140 valence electrons. The fraction of sp³-hybridized carbons (Fsp3) is 0.632. The molecule has 0 aromatic carbocycles. The first-order valence-electron chi connectivity index (χ1n) is 8.96. The lowest BCUT2D eigenvalue weighted by atomic mass is 9.71. The highest BCUT2D eigenvalue weighted by Gasteiger charge is 2.47. The Kier molecular flexibility index (Phi) is 5.86. The van der Waals surface area contributed by atoms with Crippen molar-refractivity contribution in [1.29, 1.82) is 5.26 Å². The van der Waals surface area contributed by atoms with Crippen LogP contribution in [0.2, 0.25) is 0 Å². The SMILES string of the molecule is COC1CN(C)C(=O)C2(CCN(Cc3ccc(C#N)c(SC)n3)CC2)C1. The molecule has 0 saturated carbocycles. The number of carbonyl (C=O) groups is 1. The van der Waals surface area contributed by atoms with Crippen LogP contribution in [0.5, 0.6) is 0 Å². The largest absolute Gasteiger partial charge is 0.380 e. The van der Waals surface area contributed by atoms with Gasteiger partial charge in [0.1, 0.15) is 11.1 Å². The minimum Gasteiger partial charge on any atom is -0.380 e. The Hall–Kier alpha value is -1.62. The average Bonchev–Trinajstić information content (AvgIpc) is 2.67. The number of piperidine rings is 2. The number of pyridine rings is 1. The molecule has 1 atom stereocenters. The van der Waals surface area contributed by atoms with Gasteiger partial charge < -0.3 is 9.64 Å². The first-order chi connectivity index (χ1) is 12.5. The van der Waals surface area contributed by atoms with Crippen LogP contribution in [0.4, 0.5) is 0 Å². The lowest BCUT2D eigenvalue weighted by Crippen LogP contribution is -2.56. The molecule has 7 heteroatoms. The van der Waals surface area contributed by atoms with E-state index in [0.717, 1.165) is 49.6 Å². The monoisotopic (exact) mass is 374 g/mol. The Morgan fingerprint density at radius 2 is 2.15 bits per heavy atom. The molecular weight excluding hydrogens is 348 g/mol. The van der Waals surface area contributed by atoms with Gasteiger partial charge in [0, 0.05) is 27.2 Å². The normalized spacial score (nSPS) is 23.2. The van der Waals surface area contributed by atoms with Gasteiger partial charge in [0.05, 0.1) is 22.8 Å². The summed E-state index contributed by atoms with van der Waals surface area (Å²) in [5.41, 5.74) is 1.33. The van der Waals surface area contributed by atoms with Gasteiger partial charge in [0.15, 0.2) is 0 Å². The zero-order chi connectivity index (χ0) is 18.7. The summed E-state index contributed by atoms with van der Waals surface area (Å²) < 4.78 is 5.56. The summed E-state index contributed by atoms with van der Waals surface area (Å²) in [4.78, 5) is 21.6. The van der Waals surface area contributed by atoms with Crippen LogP contribution in [0.25, 0.3) is 0 Å². The van der Waals surface area contributed by atoms with E-state index in [1.54, 1.807) is 7.11 Å². The number of likely N-dealkylation sites (tertiary alicyclic amines) is 2. The second-order valence-corrected chi connectivity index (χ2v) is 8.07. The van der Waals surface area contributed by atoms with E-state index in [2.05, 4.69) is 16.0 Å². The number of thioether (sulfide) groups is 1. The van der Waals surface area contributed by atoms with Gasteiger partial charge >= 0.3 is 0 Å². The van der Waals surface area contributed by atoms with Gasteiger partial charge in [0.25, 0.3) is 0 Å². The number of methoxy groups -OCH3 is 1. The topological polar surface area (TPSA) is 69.5 Å². The number of ether oxygens (including phenoxy) is 1. The third kappa shape index (κ3) is 3.73. The van der Waals surface area contributed by atoms with Crippen molar-refractivity contribution in [2.24, 2.45) is 5.41 Å². The number of amides is 1. The average molecular weight is 375 g/mol. The molecule has 2 fully saturated rings. The predicted molar refractivity (Wildman–Crippen MR) is 101 cm³/mol. The van der Waals surface area contributed by atoms with Crippen molar-refractivity contribution in [2.45, 2.75) is 36.9 Å². The number of carbonyl (C=O) groups excluding carboxylic acids is 1. The maximum absolute atomic E-state index is 12.8. The molecule has 2 aliphatic rings. The number of rotatable bonds is 4. The lowest BCUT2D eigenvalue weighted by Gasteiger charge is -2.47. The molecule has 3 rings (SSSR count). The third-order valence-electron chi connectivity index (χ3n) is 5.66. The van der Waals surface area contributed by atoms with E-state index >= 15 is 0 Å². The van der Waals surface area contributed by atoms with E-state index in [9.17, 15) is 4.79 Å². The van der Waals surface area contributed by atoms with E-state index in [1.165, 1.54) is 11.8 Å². The second kappa shape index (κ2) is 7.95. The van der Waals surface area contributed by atoms with Crippen molar-refractivity contribution >= 4 is 17.7 Å². The molecule has 2 saturated heterocycles. The van der Waals surface area contributed by atoms with E-state index < -0.39 is 0 Å². The molecular formula is C19H26N4O2S. The summed E-state index contributed by atoms with van der Waals surface area (Å²) in [5, 5.41) is 9.91. The van der Waals surface area contributed by atoms with Crippen molar-refractivity contribution in [3.8, 4) is 6.07 Å². The van der Waals surface area contributed by atoms with Crippen molar-refractivity contribution in [3.05, 3.63) is 23.4 Å². The van der Waals surface area contributed by atoms with E-state index in [4.69, 9.17) is 10.00 Å². The number of likely N-dealkylation sites (N-methyl/N-ethyl adjacent to an activating group) is 1. The molecule has 0 bridgehead atoms. The molecule has 3 heterocycles. The first kappa shape index (κ1) is 19.2. The van der Waals surface area contributed by atoms with Crippen LogP contribution in [0, 0.1) is 16.7 Å². The van der Waals surface area contributed by atoms with Gasteiger partial charge in [-0.2, -0.15) is 5.26 Å². The first-order valence-corrected chi connectivity index (χ1v) is 10.2. The van der Waals surface area contributed by atoms with E-state index in [1.807, 2.05) is 30.3 Å². The van der Waals surface area contributed by atoms with Crippen molar-refractivity contribution < 1.29 is 9.53 Å². The molecule has 6 nitrogen and oxygen atoms in total. The molecule has 0 aliphatic carbocycles. The fourth-order valence-electron chi connectivity index (χ4n) is 4.13. The molecule has 1 aromatic rings. The quantitative estimate of drug-likeness (QED) is 0.752. The smallest absolute Gasteiger partial charge is 0.228 e. The fourth-order valence-corrected chi connectivity index (χ4v) is 4.67. The van der Waals surface area contributed by atoms with Gasteiger partial charge in [-0.1, -0.05) is 0 Å². The molecule has 0 radical (unpaired) electrons. The zero-order valence-electron chi connectivity index (χ0n) is 15.7. The van der Waals surface area contributed by atoms with Gasteiger partial charge in [-0.15, -0.1) is 11.8 Å². The molecule has 26 heavy (non-hydrogen) atoms. The van der Waals surface area contributed by atoms with Crippen molar-refractivity contribution in [1.82, 2.24) is 14.8 Å². The summed E-state index contributed by atoms with van der Waals surface area (Å²) >= 11 is 1.50. The standard InChI is InChI=1S/C19H26N4O2S/c1-22-13-16(25-2)10-19(18(22)24)6-8-23(9-7-19)12-15-5-4-14(11-20)17(21-15)26-3/h4-5,16H,6-10,12-13H2,1-3H3. The number of hydrogen-bond donors (Lipinski definition) is 0. The highest BCUT2D eigenvalue weighted by Crippen LogP contribution is 2.41. The van der Waals surface area contributed by atoms with Crippen molar-refractivity contribution in [3.63, 3.8) is 0 Å². The maximum Gasteiger partial charge on any atom is 0.228 e. The molecule has 1 amide bonds. The molecule has 2 aliphatic heterocycles. The van der Waals surface area contributed by atoms with Gasteiger partial charge in [0.2, 0.25) is 5.91 Å². The zero-order valence-corrected chi connectivity index (χ0v) is 16.5. The summed E-state index contributed by atoms with van der Waals surface area (Å²) in [5.74, 6) is 0.270. The second-order valence-electron chi connectivity index (χ2n) is 7.28. The maximum atomic E-state index is 12.8. The van der Waals surface area contributed by atoms with Gasteiger partial charge in [-0.05, 0) is 50.7 Å². The van der Waals surface area contributed by atoms with Crippen LogP contribution < -0.4 is 0 Å². The number of aromatic nitrogens is 1. The van der Waals surface area contributed by atoms with Crippen LogP contribution in [-0.4, -0.2) is 66.8 Å². The van der Waals surface area contributed by atoms with Gasteiger partial charge in [-0.25, -0.2) is 4.98 Å². The van der Waals surface area contributed by atoms with E-state index in [0.29, 0.717) is 12.1 Å². The van der Waals surface area contributed by atoms with Crippen LogP contribution in [0.15, 0.2) is 17.2 Å². The van der Waals surface area contributed by atoms with Crippen LogP contribution in [-0.2, 0) is 16.1 Å². The highest BCUT2D eigenvalue weighted by atomic mass is 32.2. The molecule has 1 spiro atoms. The summed E-state index contributed by atoms with van der Waals surface area (Å²) in [6.45, 7) is 3.21. The number of nitrogens with zero attached hydrogens (tertiary/aromatic N) is 4. The van der Waals surface area contributed by atoms with Gasteiger partial charge in [-0.3, -0.25) is 9.69 Å². The minimum absolute atomic E-state index is 0.133.